The van der Waals surface area contributed by atoms with Crippen molar-refractivity contribution >= 4 is 142 Å². The molecule has 4 aromatic heterocycles. The predicted molar refractivity (Wildman–Crippen MR) is 411 cm³/mol. The second-order valence-corrected chi connectivity index (χ2v) is 29.8. The topological polar surface area (TPSA) is 404 Å². The van der Waals surface area contributed by atoms with Crippen LogP contribution in [0.4, 0.5) is 49.0 Å². The molecule has 9 N–H and O–H groups in total. The first-order valence-corrected chi connectivity index (χ1v) is 37.1. The Kier molecular flexibility index (Phi) is 27.8. The first kappa shape index (κ1) is 80.3. The van der Waals surface area contributed by atoms with Crippen molar-refractivity contribution in [2.45, 2.75) is 98.3 Å². The number of nitrogens with zero attached hydrogens (tertiary/aromatic N) is 10. The number of hydrogen-bond acceptors (Lipinski definition) is 27. The number of ether oxygens (including phenoxy) is 7. The van der Waals surface area contributed by atoms with Crippen molar-refractivity contribution in [2.24, 2.45) is 9.98 Å². The van der Waals surface area contributed by atoms with Crippen molar-refractivity contribution in [1.29, 1.82) is 0 Å². The number of nitrogen functional groups attached to an aromatic ring is 2. The lowest BCUT2D eigenvalue weighted by atomic mass is 10.1. The molecule has 2 aliphatic heterocycles. The summed E-state index contributed by atoms with van der Waals surface area (Å²) in [5, 5.41) is 19.4. The molecule has 8 aromatic rings. The summed E-state index contributed by atoms with van der Waals surface area (Å²) in [5.41, 5.74) is 17.6. The number of benzene rings is 4. The summed E-state index contributed by atoms with van der Waals surface area (Å²) in [6.45, 7) is 27.4. The molecule has 2 aliphatic rings. The van der Waals surface area contributed by atoms with Crippen LogP contribution in [0.2, 0.25) is 0 Å². The SMILES string of the molecule is [C-]#[N+]/C(=C\c1cc2ccc(N(CCO)CCOC(=O)NCc3ccc(COc4nc(N)nc5c4N=CC5)cc3)cc2s1)C(=O)OC(C)(C)C.[C-]#[N+]/C(=C\c1cc2ccc(N(CCOC(=O)NCCCS(=O)(=O)O)CCOC(=O)NCc3ccc(COc4nc(N)nc5c4N=CC5)cc3)cc2s1)C(=O)OC(C)(C)C. The second kappa shape index (κ2) is 37.4. The van der Waals surface area contributed by atoms with Gasteiger partial charge in [-0.1, -0.05) is 60.7 Å². The van der Waals surface area contributed by atoms with Crippen LogP contribution in [0.1, 0.15) is 91.4 Å². The average molecular weight is 1530 g/mol. The predicted octanol–water partition coefficient (Wildman–Crippen LogP) is 10.9. The van der Waals surface area contributed by atoms with Crippen molar-refractivity contribution in [3.63, 3.8) is 0 Å². The number of nitrogens with two attached hydrogens (primary N) is 2. The van der Waals surface area contributed by atoms with Gasteiger partial charge in [0.25, 0.3) is 21.5 Å². The van der Waals surface area contributed by atoms with Crippen LogP contribution in [0.5, 0.6) is 11.8 Å². The minimum atomic E-state index is -4.15. The highest BCUT2D eigenvalue weighted by atomic mass is 32.2. The molecule has 0 saturated heterocycles. The molecule has 0 saturated carbocycles. The normalized spacial score (nSPS) is 12.4. The minimum absolute atomic E-state index is 0.00562. The Morgan fingerprint density at radius 1 is 0.574 bits per heavy atom. The van der Waals surface area contributed by atoms with Gasteiger partial charge >= 0.3 is 30.2 Å². The van der Waals surface area contributed by atoms with Gasteiger partial charge in [0.2, 0.25) is 23.7 Å². The highest BCUT2D eigenvalue weighted by Gasteiger charge is 2.25. The molecule has 0 atom stereocenters. The number of fused-ring (bicyclic) bond motifs is 4. The van der Waals surface area contributed by atoms with Gasteiger partial charge in [-0.05, 0) is 130 Å². The van der Waals surface area contributed by atoms with E-state index in [0.29, 0.717) is 53.9 Å². The molecule has 10 rings (SSSR count). The molecule has 0 aliphatic carbocycles. The Morgan fingerprint density at radius 2 is 0.972 bits per heavy atom. The highest BCUT2D eigenvalue weighted by Crippen LogP contribution is 2.37. The van der Waals surface area contributed by atoms with Gasteiger partial charge in [-0.2, -0.15) is 18.4 Å². The smallest absolute Gasteiger partial charge is 0.407 e. The Balaban J connectivity index is 0.000000253. The Hall–Kier alpha value is -11.8. The van der Waals surface area contributed by atoms with Gasteiger partial charge in [0.05, 0.1) is 56.5 Å². The van der Waals surface area contributed by atoms with E-state index in [4.69, 9.17) is 62.3 Å². The van der Waals surface area contributed by atoms with Crippen molar-refractivity contribution in [3.8, 4) is 11.8 Å². The van der Waals surface area contributed by atoms with E-state index in [9.17, 15) is 37.5 Å². The first-order valence-electron chi connectivity index (χ1n) is 33.9. The summed E-state index contributed by atoms with van der Waals surface area (Å²) >= 11 is 2.80. The zero-order chi connectivity index (χ0) is 77.5. The van der Waals surface area contributed by atoms with Gasteiger partial charge in [0, 0.05) is 82.0 Å². The third kappa shape index (κ3) is 24.9. The quantitative estimate of drug-likeness (QED) is 0.00530. The summed E-state index contributed by atoms with van der Waals surface area (Å²) in [7, 11) is -4.15. The number of thiophene rings is 2. The zero-order valence-corrected chi connectivity index (χ0v) is 62.5. The summed E-state index contributed by atoms with van der Waals surface area (Å²) in [4.78, 5) is 99.5. The monoisotopic (exact) mass is 1530 g/mol. The molecule has 0 radical (unpaired) electrons. The molecule has 0 spiro atoms. The average Bonchev–Trinajstić information content (AvgIpc) is 1.68. The van der Waals surface area contributed by atoms with E-state index in [1.807, 2.05) is 107 Å². The van der Waals surface area contributed by atoms with E-state index in [1.165, 1.54) is 34.8 Å². The van der Waals surface area contributed by atoms with Gasteiger partial charge in [-0.15, -0.1) is 22.7 Å². The summed E-state index contributed by atoms with van der Waals surface area (Å²) < 4.78 is 71.1. The van der Waals surface area contributed by atoms with Crippen LogP contribution >= 0.6 is 22.7 Å². The van der Waals surface area contributed by atoms with E-state index in [-0.39, 0.29) is 102 Å². The number of alkyl carbamates (subject to hydrolysis) is 3. The van der Waals surface area contributed by atoms with E-state index < -0.39 is 57.3 Å². The van der Waals surface area contributed by atoms with Gasteiger partial charge in [-0.3, -0.25) is 24.1 Å². The number of aromatic nitrogens is 4. The number of carbonyl (C=O) groups is 5. The molecular weight excluding hydrogens is 1450 g/mol. The number of aliphatic imine (C=N–C) groups is 2. The number of aliphatic hydroxyl groups excluding tert-OH is 1. The lowest BCUT2D eigenvalue weighted by Crippen LogP contribution is -2.35. The number of aliphatic hydroxyl groups is 1. The molecule has 31 nitrogen and oxygen atoms in total. The van der Waals surface area contributed by atoms with Crippen molar-refractivity contribution in [1.82, 2.24) is 35.9 Å². The number of nitrogens with one attached hydrogen (secondary N) is 3. The number of hydrogen-bond donors (Lipinski definition) is 7. The van der Waals surface area contributed by atoms with Gasteiger partial charge in [0.1, 0.15) is 55.6 Å². The molecule has 566 valence electrons. The molecular formula is C74H81N15O16S3. The molecule has 0 bridgehead atoms. The van der Waals surface area contributed by atoms with Crippen LogP contribution in [0, 0.1) is 13.1 Å². The van der Waals surface area contributed by atoms with Crippen molar-refractivity contribution in [3.05, 3.63) is 175 Å². The maximum absolute atomic E-state index is 12.7. The third-order valence-corrected chi connectivity index (χ3v) is 18.3. The molecule has 6 heterocycles. The van der Waals surface area contributed by atoms with Gasteiger partial charge in [0.15, 0.2) is 0 Å². The molecule has 34 heteroatoms. The molecule has 0 fully saturated rings. The molecule has 3 amide bonds. The maximum Gasteiger partial charge on any atom is 0.407 e. The fourth-order valence-corrected chi connectivity index (χ4v) is 12.9. The standard InChI is InChI=1S/C39H44N8O10S2.C35H37N7O6S/c1-39(2,3)57-35(48)31(41-4)22-29-20-27-10-11-28(21-32(27)58-29)47(15-17-54-37(49)43-13-5-19-59(51,52)53)16-18-55-38(50)44-23-25-6-8-26(9-7-25)24-56-34-33-30(12-14-42-33)45-36(40)46-34;1-35(2,3)48-32(44)28(37-4)19-26-17-24-9-10-25(18-29(24)49-26)42(13-15-43)14-16-46-34(45)39-20-22-5-7-23(8-6-22)21-47-31-30-27(11-12-38-30)40-33(36)41-31/h6-11,14,20-22H,5,12-13,15-19,23-24H2,1-3H3,(H,43,49)(H,44,50)(H2,40,45,46)(H,51,52,53);5-10,12,17-19,43H,11,13-16,20-21H2,1-3H3,(H,39,45)(H2,36,40,41)/b31-22-;28-19-. The fraction of sp³-hybridized carbons (Fsp3) is 0.338. The Labute approximate surface area is 631 Å². The number of amides is 3. The first-order chi connectivity index (χ1) is 51.6. The van der Waals surface area contributed by atoms with E-state index in [0.717, 1.165) is 70.1 Å². The van der Waals surface area contributed by atoms with Crippen LogP contribution in [-0.2, 0) is 82.5 Å². The van der Waals surface area contributed by atoms with Crippen LogP contribution in [0.15, 0.2) is 118 Å². The molecule has 108 heavy (non-hydrogen) atoms. The number of esters is 2. The van der Waals surface area contributed by atoms with Crippen LogP contribution < -0.4 is 46.7 Å². The van der Waals surface area contributed by atoms with Gasteiger partial charge < -0.3 is 75.5 Å². The largest absolute Gasteiger partial charge is 0.471 e. The van der Waals surface area contributed by atoms with Crippen LogP contribution in [0.3, 0.4) is 0 Å². The summed E-state index contributed by atoms with van der Waals surface area (Å²) in [5.74, 6) is -0.946. The van der Waals surface area contributed by atoms with E-state index in [1.54, 1.807) is 54.0 Å². The number of carbonyl (C=O) groups excluding carboxylic acids is 5. The highest BCUT2D eigenvalue weighted by molar-refractivity contribution is 7.85. The maximum atomic E-state index is 12.7. The van der Waals surface area contributed by atoms with E-state index >= 15 is 0 Å². The second-order valence-electron chi connectivity index (χ2n) is 26.0. The minimum Gasteiger partial charge on any atom is -0.471 e. The van der Waals surface area contributed by atoms with Crippen LogP contribution in [-0.4, -0.2) is 157 Å². The lowest BCUT2D eigenvalue weighted by molar-refractivity contribution is -0.150. The molecule has 4 aromatic carbocycles. The zero-order valence-electron chi connectivity index (χ0n) is 60.0. The number of rotatable bonds is 31. The summed E-state index contributed by atoms with van der Waals surface area (Å²) in [6.07, 6.45) is 5.70. The number of anilines is 4. The fourth-order valence-electron chi connectivity index (χ4n) is 10.4. The van der Waals surface area contributed by atoms with Crippen molar-refractivity contribution < 1.29 is 75.2 Å². The lowest BCUT2D eigenvalue weighted by Gasteiger charge is -2.24. The summed E-state index contributed by atoms with van der Waals surface area (Å²) in [6, 6.07) is 30.2. The van der Waals surface area contributed by atoms with Crippen LogP contribution in [0.25, 0.3) is 42.0 Å². The van der Waals surface area contributed by atoms with Gasteiger partial charge in [-0.25, -0.2) is 34.0 Å². The van der Waals surface area contributed by atoms with E-state index in [2.05, 4.69) is 55.6 Å². The molecule has 0 unspecified atom stereocenters. The third-order valence-electron chi connectivity index (χ3n) is 15.4. The van der Waals surface area contributed by atoms with Crippen molar-refractivity contribution in [2.75, 3.05) is 86.2 Å². The Bertz CT molecular complexity index is 4900. The Morgan fingerprint density at radius 3 is 1.36 bits per heavy atom.